The summed E-state index contributed by atoms with van der Waals surface area (Å²) in [6.45, 7) is 6.45. The first-order chi connectivity index (χ1) is 8.47. The third-order valence-electron chi connectivity index (χ3n) is 3.97. The highest BCUT2D eigenvalue weighted by Gasteiger charge is 2.56. The Bertz CT molecular complexity index is 440. The van der Waals surface area contributed by atoms with Crippen LogP contribution in [0.2, 0.25) is 0 Å². The van der Waals surface area contributed by atoms with Gasteiger partial charge in [-0.1, -0.05) is 20.8 Å². The molecule has 2 atom stereocenters. The number of amides is 1. The highest BCUT2D eigenvalue weighted by Crippen LogP contribution is 2.56. The summed E-state index contributed by atoms with van der Waals surface area (Å²) in [6, 6.07) is 8.02. The van der Waals surface area contributed by atoms with Crippen LogP contribution in [0.1, 0.15) is 27.2 Å². The first-order valence-corrected chi connectivity index (χ1v) is 7.65. The Kier molecular flexibility index (Phi) is 3.71. The molecule has 1 N–H and O–H groups in total. The van der Waals surface area contributed by atoms with E-state index in [1.165, 1.54) is 4.90 Å². The molecular weight excluding hydrogens is 242 g/mol. The van der Waals surface area contributed by atoms with E-state index < -0.39 is 0 Å². The number of carbonyl (C=O) groups is 1. The van der Waals surface area contributed by atoms with Crippen LogP contribution < -0.4 is 5.32 Å². The SMILES string of the molecule is CSc1ccc(NC(=O)C2(C)CC2C(C)C)cc1. The summed E-state index contributed by atoms with van der Waals surface area (Å²) in [4.78, 5) is 13.5. The average molecular weight is 263 g/mol. The zero-order valence-electron chi connectivity index (χ0n) is 11.5. The van der Waals surface area contributed by atoms with Crippen LogP contribution in [0.5, 0.6) is 0 Å². The number of anilines is 1. The smallest absolute Gasteiger partial charge is 0.230 e. The number of benzene rings is 1. The average Bonchev–Trinajstić information content (AvgIpc) is 3.04. The summed E-state index contributed by atoms with van der Waals surface area (Å²) >= 11 is 1.71. The van der Waals surface area contributed by atoms with E-state index in [1.54, 1.807) is 11.8 Å². The van der Waals surface area contributed by atoms with Crippen LogP contribution in [-0.2, 0) is 4.79 Å². The van der Waals surface area contributed by atoms with Crippen LogP contribution in [0, 0.1) is 17.3 Å². The minimum atomic E-state index is -0.160. The Morgan fingerprint density at radius 1 is 1.39 bits per heavy atom. The lowest BCUT2D eigenvalue weighted by atomic mass is 9.98. The van der Waals surface area contributed by atoms with Crippen LogP contribution >= 0.6 is 11.8 Å². The van der Waals surface area contributed by atoms with Gasteiger partial charge in [0.1, 0.15) is 0 Å². The molecule has 2 rings (SSSR count). The molecule has 1 fully saturated rings. The van der Waals surface area contributed by atoms with Gasteiger partial charge in [-0.15, -0.1) is 11.8 Å². The zero-order chi connectivity index (χ0) is 13.3. The molecule has 98 valence electrons. The van der Waals surface area contributed by atoms with Crippen molar-refractivity contribution in [1.29, 1.82) is 0 Å². The molecule has 1 saturated carbocycles. The Hall–Kier alpha value is -0.960. The van der Waals surface area contributed by atoms with Crippen molar-refractivity contribution >= 4 is 23.4 Å². The van der Waals surface area contributed by atoms with Gasteiger partial charge in [0, 0.05) is 10.6 Å². The lowest BCUT2D eigenvalue weighted by molar-refractivity contribution is -0.121. The summed E-state index contributed by atoms with van der Waals surface area (Å²) < 4.78 is 0. The van der Waals surface area contributed by atoms with Crippen molar-refractivity contribution in [3.63, 3.8) is 0 Å². The van der Waals surface area contributed by atoms with E-state index in [0.29, 0.717) is 11.8 Å². The van der Waals surface area contributed by atoms with Gasteiger partial charge >= 0.3 is 0 Å². The maximum Gasteiger partial charge on any atom is 0.230 e. The normalized spacial score (nSPS) is 26.2. The van der Waals surface area contributed by atoms with Gasteiger partial charge in [0.05, 0.1) is 5.41 Å². The molecule has 0 aliphatic heterocycles. The number of rotatable bonds is 4. The van der Waals surface area contributed by atoms with E-state index in [4.69, 9.17) is 0 Å². The largest absolute Gasteiger partial charge is 0.326 e. The second-order valence-corrected chi connectivity index (χ2v) is 6.53. The highest BCUT2D eigenvalue weighted by molar-refractivity contribution is 7.98. The fraction of sp³-hybridized carbons (Fsp3) is 0.533. The van der Waals surface area contributed by atoms with Gasteiger partial charge in [-0.3, -0.25) is 4.79 Å². The number of nitrogens with one attached hydrogen (secondary N) is 1. The van der Waals surface area contributed by atoms with Crippen LogP contribution in [0.4, 0.5) is 5.69 Å². The minimum absolute atomic E-state index is 0.160. The molecule has 2 nitrogen and oxygen atoms in total. The lowest BCUT2D eigenvalue weighted by Gasteiger charge is -2.14. The lowest BCUT2D eigenvalue weighted by Crippen LogP contribution is -2.24. The zero-order valence-corrected chi connectivity index (χ0v) is 12.3. The maximum absolute atomic E-state index is 12.2. The topological polar surface area (TPSA) is 29.1 Å². The van der Waals surface area contributed by atoms with Gasteiger partial charge in [-0.25, -0.2) is 0 Å². The van der Waals surface area contributed by atoms with E-state index in [2.05, 4.69) is 26.1 Å². The van der Waals surface area contributed by atoms with Crippen molar-refractivity contribution in [3.8, 4) is 0 Å². The fourth-order valence-electron chi connectivity index (χ4n) is 2.58. The number of hydrogen-bond acceptors (Lipinski definition) is 2. The number of carbonyl (C=O) groups excluding carboxylic acids is 1. The molecule has 18 heavy (non-hydrogen) atoms. The third-order valence-corrected chi connectivity index (χ3v) is 4.72. The highest BCUT2D eigenvalue weighted by atomic mass is 32.2. The van der Waals surface area contributed by atoms with Crippen LogP contribution in [0.25, 0.3) is 0 Å². The predicted octanol–water partition coefficient (Wildman–Crippen LogP) is 4.03. The molecule has 0 bridgehead atoms. The molecule has 1 amide bonds. The summed E-state index contributed by atoms with van der Waals surface area (Å²) in [5.41, 5.74) is 0.736. The molecule has 0 spiro atoms. The Morgan fingerprint density at radius 2 is 2.00 bits per heavy atom. The number of hydrogen-bond donors (Lipinski definition) is 1. The molecule has 2 unspecified atom stereocenters. The van der Waals surface area contributed by atoms with E-state index in [1.807, 2.05) is 30.5 Å². The van der Waals surface area contributed by atoms with Crippen molar-refractivity contribution in [2.75, 3.05) is 11.6 Å². The van der Waals surface area contributed by atoms with Crippen molar-refractivity contribution in [2.24, 2.45) is 17.3 Å². The molecule has 3 heteroatoms. The Labute approximate surface area is 114 Å². The molecule has 0 saturated heterocycles. The van der Waals surface area contributed by atoms with E-state index in [9.17, 15) is 4.79 Å². The van der Waals surface area contributed by atoms with Crippen molar-refractivity contribution in [3.05, 3.63) is 24.3 Å². The molecule has 0 heterocycles. The van der Waals surface area contributed by atoms with Crippen molar-refractivity contribution in [2.45, 2.75) is 32.1 Å². The van der Waals surface area contributed by atoms with Crippen molar-refractivity contribution in [1.82, 2.24) is 0 Å². The first kappa shape index (κ1) is 13.5. The Balaban J connectivity index is 1.99. The molecular formula is C15H21NOS. The summed E-state index contributed by atoms with van der Waals surface area (Å²) in [6.07, 6.45) is 3.06. The van der Waals surface area contributed by atoms with Gasteiger partial charge in [-0.05, 0) is 48.8 Å². The van der Waals surface area contributed by atoms with Gasteiger partial charge in [-0.2, -0.15) is 0 Å². The molecule has 1 aromatic rings. The van der Waals surface area contributed by atoms with Crippen molar-refractivity contribution < 1.29 is 4.79 Å². The molecule has 1 aromatic carbocycles. The maximum atomic E-state index is 12.2. The van der Waals surface area contributed by atoms with E-state index in [0.717, 1.165) is 12.1 Å². The standard InChI is InChI=1S/C15H21NOS/c1-10(2)13-9-15(13,3)14(17)16-11-5-7-12(18-4)8-6-11/h5-8,10,13H,9H2,1-4H3,(H,16,17). The summed E-state index contributed by atoms with van der Waals surface area (Å²) in [7, 11) is 0. The van der Waals surface area contributed by atoms with Crippen LogP contribution in [0.3, 0.4) is 0 Å². The minimum Gasteiger partial charge on any atom is -0.326 e. The molecule has 1 aliphatic carbocycles. The van der Waals surface area contributed by atoms with Gasteiger partial charge in [0.15, 0.2) is 0 Å². The van der Waals surface area contributed by atoms with Gasteiger partial charge in [0.2, 0.25) is 5.91 Å². The van der Waals surface area contributed by atoms with E-state index >= 15 is 0 Å². The second-order valence-electron chi connectivity index (χ2n) is 5.65. The predicted molar refractivity (Wildman–Crippen MR) is 77.9 cm³/mol. The van der Waals surface area contributed by atoms with Crippen LogP contribution in [0.15, 0.2) is 29.2 Å². The number of thioether (sulfide) groups is 1. The third kappa shape index (κ3) is 2.56. The quantitative estimate of drug-likeness (QED) is 0.831. The fourth-order valence-corrected chi connectivity index (χ4v) is 2.99. The molecule has 0 aromatic heterocycles. The monoisotopic (exact) mass is 263 g/mol. The van der Waals surface area contributed by atoms with Gasteiger partial charge in [0.25, 0.3) is 0 Å². The summed E-state index contributed by atoms with van der Waals surface area (Å²) in [5, 5.41) is 3.03. The molecule has 1 aliphatic rings. The molecule has 0 radical (unpaired) electrons. The summed E-state index contributed by atoms with van der Waals surface area (Å²) in [5.74, 6) is 1.28. The first-order valence-electron chi connectivity index (χ1n) is 6.43. The second kappa shape index (κ2) is 4.96. The van der Waals surface area contributed by atoms with Gasteiger partial charge < -0.3 is 5.32 Å². The van der Waals surface area contributed by atoms with Crippen LogP contribution in [-0.4, -0.2) is 12.2 Å². The van der Waals surface area contributed by atoms with E-state index in [-0.39, 0.29) is 11.3 Å². The Morgan fingerprint density at radius 3 is 2.44 bits per heavy atom.